The van der Waals surface area contributed by atoms with Crippen LogP contribution in [0.25, 0.3) is 16.9 Å². The second-order valence-electron chi connectivity index (χ2n) is 11.0. The highest BCUT2D eigenvalue weighted by Crippen LogP contribution is 2.54. The number of carbonyl (C=O) groups is 3. The summed E-state index contributed by atoms with van der Waals surface area (Å²) < 4.78 is 0. The minimum absolute atomic E-state index is 0.0261. The zero-order valence-corrected chi connectivity index (χ0v) is 23.2. The molecule has 0 heterocycles. The SMILES string of the molecule is CN(C)c1cc(-c2ccc(Cl)cc2)c(O)c2c1C[C@@H]1C[C@@H]3[C@@H](N(C)C)C(=O)C(C(N)=O)=C(O)[C@]3(O)C(=O)C1=C2O. The molecule has 0 aromatic heterocycles. The number of aromatic hydroxyl groups is 1. The number of rotatable bonds is 4. The van der Waals surface area contributed by atoms with Crippen molar-refractivity contribution in [2.24, 2.45) is 17.6 Å². The van der Waals surface area contributed by atoms with Gasteiger partial charge >= 0.3 is 0 Å². The van der Waals surface area contributed by atoms with Gasteiger partial charge in [0.1, 0.15) is 22.8 Å². The Labute approximate surface area is 235 Å². The molecule has 0 unspecified atom stereocenters. The lowest BCUT2D eigenvalue weighted by molar-refractivity contribution is -0.153. The fourth-order valence-corrected chi connectivity index (χ4v) is 6.67. The maximum absolute atomic E-state index is 14.1. The Morgan fingerprint density at radius 2 is 1.70 bits per heavy atom. The molecule has 11 heteroatoms. The summed E-state index contributed by atoms with van der Waals surface area (Å²) >= 11 is 6.04. The second kappa shape index (κ2) is 9.36. The molecule has 210 valence electrons. The van der Waals surface area contributed by atoms with E-state index < -0.39 is 58.0 Å². The number of aliphatic hydroxyl groups excluding tert-OH is 2. The average molecular weight is 568 g/mol. The molecule has 0 radical (unpaired) electrons. The third-order valence-corrected chi connectivity index (χ3v) is 8.59. The van der Waals surface area contributed by atoms with E-state index in [-0.39, 0.29) is 29.7 Å². The van der Waals surface area contributed by atoms with E-state index in [1.807, 2.05) is 19.0 Å². The molecule has 2 aromatic rings. The van der Waals surface area contributed by atoms with Crippen molar-refractivity contribution in [2.45, 2.75) is 24.5 Å². The number of benzene rings is 2. The monoisotopic (exact) mass is 567 g/mol. The number of phenolic OH excluding ortho intramolecular Hbond substituents is 1. The number of aliphatic hydroxyl groups is 3. The van der Waals surface area contributed by atoms with Crippen LogP contribution in [0.4, 0.5) is 5.69 Å². The number of hydrogen-bond acceptors (Lipinski definition) is 9. The molecule has 3 aliphatic rings. The van der Waals surface area contributed by atoms with E-state index in [2.05, 4.69) is 0 Å². The van der Waals surface area contributed by atoms with Crippen LogP contribution in [0.5, 0.6) is 5.75 Å². The first kappa shape index (κ1) is 27.7. The highest BCUT2D eigenvalue weighted by atomic mass is 35.5. The van der Waals surface area contributed by atoms with Gasteiger partial charge in [0.05, 0.1) is 11.6 Å². The van der Waals surface area contributed by atoms with Crippen molar-refractivity contribution in [3.05, 3.63) is 63.4 Å². The van der Waals surface area contributed by atoms with Crippen LogP contribution in [-0.4, -0.2) is 82.6 Å². The number of Topliss-reactive ketones (excluding diaryl/α,β-unsaturated/α-hetero) is 2. The molecule has 1 amide bonds. The lowest BCUT2D eigenvalue weighted by Crippen LogP contribution is -2.65. The van der Waals surface area contributed by atoms with Crippen molar-refractivity contribution in [3.63, 3.8) is 0 Å². The Kier molecular flexibility index (Phi) is 6.48. The van der Waals surface area contributed by atoms with Crippen LogP contribution in [0.15, 0.2) is 47.2 Å². The molecule has 6 N–H and O–H groups in total. The van der Waals surface area contributed by atoms with E-state index in [1.54, 1.807) is 44.4 Å². The Hall–Kier alpha value is -3.86. The van der Waals surface area contributed by atoms with Crippen LogP contribution >= 0.6 is 11.6 Å². The van der Waals surface area contributed by atoms with Crippen molar-refractivity contribution in [2.75, 3.05) is 33.1 Å². The number of amides is 1. The molecule has 1 saturated carbocycles. The normalized spacial score (nSPS) is 26.0. The number of fused-ring (bicyclic) bond motifs is 3. The van der Waals surface area contributed by atoms with Gasteiger partial charge in [-0.2, -0.15) is 0 Å². The molecular formula is C29H30ClN3O7. The standard InChI is InChI=1S/C29H30ClN3O7/c1-32(2)18-11-15(12-5-7-14(30)8-6-12)23(34)20-16(18)9-13-10-17-22(33(3)4)25(36)21(28(31)39)27(38)29(17,40)26(37)19(13)24(20)35/h5-8,11,13,17,22,34-35,38,40H,9-10H2,1-4H3,(H2,31,39)/t13-,17-,22-,29-/m1/s1. The summed E-state index contributed by atoms with van der Waals surface area (Å²) in [7, 11) is 6.76. The topological polar surface area (TPSA) is 165 Å². The fraction of sp³-hybridized carbons (Fsp3) is 0.345. The first-order valence-corrected chi connectivity index (χ1v) is 13.1. The third kappa shape index (κ3) is 3.74. The van der Waals surface area contributed by atoms with Gasteiger partial charge in [0, 0.05) is 41.9 Å². The van der Waals surface area contributed by atoms with E-state index >= 15 is 0 Å². The number of phenols is 1. The van der Waals surface area contributed by atoms with Gasteiger partial charge in [-0.1, -0.05) is 23.7 Å². The van der Waals surface area contributed by atoms with Crippen LogP contribution in [-0.2, 0) is 20.8 Å². The second-order valence-corrected chi connectivity index (χ2v) is 11.4. The first-order chi connectivity index (χ1) is 18.7. The number of carbonyl (C=O) groups excluding carboxylic acids is 3. The Morgan fingerprint density at radius 1 is 1.07 bits per heavy atom. The molecule has 0 aliphatic heterocycles. The summed E-state index contributed by atoms with van der Waals surface area (Å²) in [6.45, 7) is 0. The summed E-state index contributed by atoms with van der Waals surface area (Å²) in [5.41, 5.74) is 3.98. The van der Waals surface area contributed by atoms with E-state index in [0.29, 0.717) is 27.4 Å². The van der Waals surface area contributed by atoms with Crippen molar-refractivity contribution in [3.8, 4) is 16.9 Å². The van der Waals surface area contributed by atoms with Gasteiger partial charge in [-0.3, -0.25) is 19.3 Å². The van der Waals surface area contributed by atoms with Gasteiger partial charge in [-0.25, -0.2) is 0 Å². The van der Waals surface area contributed by atoms with Gasteiger partial charge in [-0.05, 0) is 62.2 Å². The number of anilines is 1. The zero-order chi connectivity index (χ0) is 29.4. The first-order valence-electron chi connectivity index (χ1n) is 12.7. The molecule has 3 aliphatic carbocycles. The Balaban J connectivity index is 1.77. The zero-order valence-electron chi connectivity index (χ0n) is 22.4. The molecule has 4 atom stereocenters. The third-order valence-electron chi connectivity index (χ3n) is 8.33. The number of nitrogens with two attached hydrogens (primary N) is 1. The van der Waals surface area contributed by atoms with Crippen LogP contribution in [0, 0.1) is 11.8 Å². The fourth-order valence-electron chi connectivity index (χ4n) is 6.54. The molecule has 0 saturated heterocycles. The number of primary amides is 1. The van der Waals surface area contributed by atoms with Crippen LogP contribution in [0.1, 0.15) is 17.5 Å². The lowest BCUT2D eigenvalue weighted by atomic mass is 9.57. The van der Waals surface area contributed by atoms with Crippen molar-refractivity contribution in [1.29, 1.82) is 0 Å². The molecule has 2 aromatic carbocycles. The number of hydrogen-bond donors (Lipinski definition) is 5. The summed E-state index contributed by atoms with van der Waals surface area (Å²) in [6, 6.07) is 7.41. The van der Waals surface area contributed by atoms with Crippen LogP contribution in [0.2, 0.25) is 5.02 Å². The maximum Gasteiger partial charge on any atom is 0.255 e. The minimum Gasteiger partial charge on any atom is -0.508 e. The van der Waals surface area contributed by atoms with Gasteiger partial charge < -0.3 is 31.1 Å². The molecule has 0 bridgehead atoms. The maximum atomic E-state index is 14.1. The van der Waals surface area contributed by atoms with Crippen molar-refractivity contribution >= 4 is 40.5 Å². The molecule has 0 spiro atoms. The number of halogens is 1. The largest absolute Gasteiger partial charge is 0.508 e. The molecule has 10 nitrogen and oxygen atoms in total. The lowest BCUT2D eigenvalue weighted by Gasteiger charge is -2.50. The summed E-state index contributed by atoms with van der Waals surface area (Å²) in [5, 5.41) is 46.3. The molecular weight excluding hydrogens is 538 g/mol. The van der Waals surface area contributed by atoms with E-state index in [9.17, 15) is 34.8 Å². The van der Waals surface area contributed by atoms with E-state index in [1.165, 1.54) is 4.90 Å². The number of ketones is 2. The van der Waals surface area contributed by atoms with Crippen molar-refractivity contribution < 1.29 is 34.8 Å². The number of likely N-dealkylation sites (N-methyl/N-ethyl adjacent to an activating group) is 1. The smallest absolute Gasteiger partial charge is 0.255 e. The number of nitrogens with zero attached hydrogens (tertiary/aromatic N) is 2. The van der Waals surface area contributed by atoms with Crippen LogP contribution < -0.4 is 10.6 Å². The van der Waals surface area contributed by atoms with Gasteiger partial charge in [-0.15, -0.1) is 0 Å². The predicted molar refractivity (Wildman–Crippen MR) is 149 cm³/mol. The molecule has 1 fully saturated rings. The highest BCUT2D eigenvalue weighted by Gasteiger charge is 2.64. The molecule has 5 rings (SSSR count). The predicted octanol–water partition coefficient (Wildman–Crippen LogP) is 2.35. The minimum atomic E-state index is -2.68. The summed E-state index contributed by atoms with van der Waals surface area (Å²) in [5.74, 6) is -6.80. The van der Waals surface area contributed by atoms with Crippen molar-refractivity contribution in [1.82, 2.24) is 4.90 Å². The average Bonchev–Trinajstić information content (AvgIpc) is 2.86. The Bertz CT molecular complexity index is 1540. The van der Waals surface area contributed by atoms with Gasteiger partial charge in [0.25, 0.3) is 5.91 Å². The quantitative estimate of drug-likeness (QED) is 0.349. The van der Waals surface area contributed by atoms with E-state index in [4.69, 9.17) is 17.3 Å². The van der Waals surface area contributed by atoms with E-state index in [0.717, 1.165) is 0 Å². The van der Waals surface area contributed by atoms with Crippen LogP contribution in [0.3, 0.4) is 0 Å². The summed E-state index contributed by atoms with van der Waals surface area (Å²) in [4.78, 5) is 42.8. The van der Waals surface area contributed by atoms with Gasteiger partial charge in [0.2, 0.25) is 5.78 Å². The summed E-state index contributed by atoms with van der Waals surface area (Å²) in [6.07, 6.45) is 0.231. The highest BCUT2D eigenvalue weighted by molar-refractivity contribution is 6.30. The molecule has 40 heavy (non-hydrogen) atoms. The Morgan fingerprint density at radius 3 is 2.25 bits per heavy atom. The van der Waals surface area contributed by atoms with Gasteiger partial charge in [0.15, 0.2) is 11.4 Å².